The van der Waals surface area contributed by atoms with E-state index in [0.717, 1.165) is 5.56 Å². The smallest absolute Gasteiger partial charge is 0.408 e. The predicted octanol–water partition coefficient (Wildman–Crippen LogP) is 4.24. The Morgan fingerprint density at radius 1 is 1.04 bits per heavy atom. The quantitative estimate of drug-likeness (QED) is 0.171. The maximum Gasteiger partial charge on any atom is 0.408 e. The molecule has 1 aliphatic rings. The largest absolute Gasteiger partial charge is 0.463 e. The van der Waals surface area contributed by atoms with Gasteiger partial charge in [-0.3, -0.25) is 14.4 Å². The number of ether oxygens (including phenoxy) is 3. The maximum atomic E-state index is 13.8. The Labute approximate surface area is 267 Å². The fraction of sp³-hybridized carbons (Fsp3) is 0.618. The third-order valence-electron chi connectivity index (χ3n) is 7.20. The molecule has 0 aromatic heterocycles. The van der Waals surface area contributed by atoms with Gasteiger partial charge in [-0.2, -0.15) is 0 Å². The van der Waals surface area contributed by atoms with E-state index in [0.29, 0.717) is 25.8 Å². The SMILES string of the molecule is CCOC(=O)/C=C/[C@H](C[C@@H]1CCNC1=O)NC(=O)[C@@H](CC(=O)[C@@H](NC(=O)OCc1ccccc1)C(C)OC(C)(C)C)CC(C)C. The van der Waals surface area contributed by atoms with Crippen molar-refractivity contribution in [3.63, 3.8) is 0 Å². The minimum absolute atomic E-state index is 0.0280. The zero-order chi connectivity index (χ0) is 33.6. The van der Waals surface area contributed by atoms with Gasteiger partial charge in [0.2, 0.25) is 11.8 Å². The topological polar surface area (TPSA) is 149 Å². The van der Waals surface area contributed by atoms with Gasteiger partial charge in [-0.15, -0.1) is 0 Å². The summed E-state index contributed by atoms with van der Waals surface area (Å²) in [5, 5.41) is 8.41. The van der Waals surface area contributed by atoms with E-state index in [-0.39, 0.29) is 49.1 Å². The number of hydrogen-bond donors (Lipinski definition) is 3. The molecular formula is C34H51N3O8. The van der Waals surface area contributed by atoms with Crippen molar-refractivity contribution in [1.29, 1.82) is 0 Å². The Bertz CT molecular complexity index is 1160. The third kappa shape index (κ3) is 14.3. The van der Waals surface area contributed by atoms with E-state index in [9.17, 15) is 24.0 Å². The van der Waals surface area contributed by atoms with Gasteiger partial charge < -0.3 is 30.2 Å². The summed E-state index contributed by atoms with van der Waals surface area (Å²) in [6, 6.07) is 7.47. The average molecular weight is 630 g/mol. The highest BCUT2D eigenvalue weighted by atomic mass is 16.6. The van der Waals surface area contributed by atoms with Crippen molar-refractivity contribution in [2.75, 3.05) is 13.2 Å². The molecule has 1 aliphatic heterocycles. The Kier molecular flexibility index (Phi) is 15.2. The van der Waals surface area contributed by atoms with Crippen molar-refractivity contribution < 1.29 is 38.2 Å². The van der Waals surface area contributed by atoms with Crippen LogP contribution in [0.3, 0.4) is 0 Å². The van der Waals surface area contributed by atoms with Crippen molar-refractivity contribution in [1.82, 2.24) is 16.0 Å². The number of carbonyl (C=O) groups is 5. The number of benzene rings is 1. The lowest BCUT2D eigenvalue weighted by molar-refractivity contribution is -0.137. The number of amides is 3. The molecule has 1 fully saturated rings. The molecule has 250 valence electrons. The van der Waals surface area contributed by atoms with Crippen LogP contribution < -0.4 is 16.0 Å². The van der Waals surface area contributed by atoms with E-state index >= 15 is 0 Å². The molecule has 5 atom stereocenters. The summed E-state index contributed by atoms with van der Waals surface area (Å²) in [5.41, 5.74) is 0.192. The molecule has 1 aromatic rings. The normalized spacial score (nSPS) is 17.7. The Hall–Kier alpha value is -3.73. The highest BCUT2D eigenvalue weighted by Gasteiger charge is 2.35. The van der Waals surface area contributed by atoms with Crippen molar-refractivity contribution in [2.45, 2.75) is 105 Å². The minimum Gasteiger partial charge on any atom is -0.463 e. The summed E-state index contributed by atoms with van der Waals surface area (Å²) >= 11 is 0. The molecule has 1 saturated heterocycles. The van der Waals surface area contributed by atoms with Gasteiger partial charge in [0.15, 0.2) is 5.78 Å². The van der Waals surface area contributed by atoms with Crippen LogP contribution >= 0.6 is 0 Å². The maximum absolute atomic E-state index is 13.8. The first-order chi connectivity index (χ1) is 21.2. The lowest BCUT2D eigenvalue weighted by Gasteiger charge is -2.31. The Morgan fingerprint density at radius 2 is 1.73 bits per heavy atom. The number of nitrogens with one attached hydrogen (secondary N) is 3. The summed E-state index contributed by atoms with van der Waals surface area (Å²) < 4.78 is 16.4. The van der Waals surface area contributed by atoms with Crippen LogP contribution in [0.2, 0.25) is 0 Å². The highest BCUT2D eigenvalue weighted by molar-refractivity contribution is 5.92. The van der Waals surface area contributed by atoms with E-state index in [1.165, 1.54) is 12.2 Å². The first kappa shape index (κ1) is 37.5. The first-order valence-electron chi connectivity index (χ1n) is 15.8. The lowest BCUT2D eigenvalue weighted by Crippen LogP contribution is -2.51. The second-order valence-corrected chi connectivity index (χ2v) is 12.9. The van der Waals surface area contributed by atoms with E-state index < -0.39 is 41.8 Å². The van der Waals surface area contributed by atoms with E-state index in [1.807, 2.05) is 65.0 Å². The number of carbonyl (C=O) groups excluding carboxylic acids is 5. The number of Topliss-reactive ketones (excluding diaryl/α,β-unsaturated/α-hetero) is 1. The zero-order valence-electron chi connectivity index (χ0n) is 27.7. The van der Waals surface area contributed by atoms with Gasteiger partial charge in [0.05, 0.1) is 18.3 Å². The van der Waals surface area contributed by atoms with Crippen LogP contribution in [0.25, 0.3) is 0 Å². The summed E-state index contributed by atoms with van der Waals surface area (Å²) in [4.78, 5) is 64.6. The van der Waals surface area contributed by atoms with Gasteiger partial charge in [0.1, 0.15) is 12.6 Å². The fourth-order valence-electron chi connectivity index (χ4n) is 5.25. The molecule has 1 unspecified atom stereocenters. The molecule has 45 heavy (non-hydrogen) atoms. The van der Waals surface area contributed by atoms with Gasteiger partial charge in [-0.1, -0.05) is 50.3 Å². The third-order valence-corrected chi connectivity index (χ3v) is 7.20. The van der Waals surface area contributed by atoms with Crippen molar-refractivity contribution >= 4 is 29.7 Å². The van der Waals surface area contributed by atoms with Gasteiger partial charge in [-0.25, -0.2) is 9.59 Å². The van der Waals surface area contributed by atoms with E-state index in [2.05, 4.69) is 16.0 Å². The number of ketones is 1. The van der Waals surface area contributed by atoms with Gasteiger partial charge in [-0.05, 0) is 65.4 Å². The minimum atomic E-state index is -1.07. The average Bonchev–Trinajstić information content (AvgIpc) is 3.36. The molecule has 0 spiro atoms. The van der Waals surface area contributed by atoms with Crippen LogP contribution in [0.5, 0.6) is 0 Å². The van der Waals surface area contributed by atoms with E-state index in [4.69, 9.17) is 14.2 Å². The summed E-state index contributed by atoms with van der Waals surface area (Å²) in [7, 11) is 0. The second kappa shape index (κ2) is 18.3. The summed E-state index contributed by atoms with van der Waals surface area (Å²) in [6.07, 6.45) is 2.43. The Morgan fingerprint density at radius 3 is 2.31 bits per heavy atom. The fourth-order valence-corrected chi connectivity index (χ4v) is 5.25. The van der Waals surface area contributed by atoms with Gasteiger partial charge >= 0.3 is 12.1 Å². The monoisotopic (exact) mass is 629 g/mol. The van der Waals surface area contributed by atoms with Crippen LogP contribution in [-0.2, 0) is 40.0 Å². The molecule has 11 nitrogen and oxygen atoms in total. The molecule has 0 aliphatic carbocycles. The standard InChI is InChI=1S/C34H51N3O8/c1-8-43-29(39)15-14-27(19-25-16-17-35-31(25)40)36-32(41)26(18-22(2)3)20-28(38)30(23(4)45-34(5,6)7)37-33(42)44-21-24-12-10-9-11-13-24/h9-15,22-23,25-27,30H,8,16-21H2,1-7H3,(H,35,40)(H,36,41)(H,37,42)/b15-14+/t23?,25-,26+,27+,30-/m0/s1. The lowest BCUT2D eigenvalue weighted by atomic mass is 9.88. The predicted molar refractivity (Wildman–Crippen MR) is 170 cm³/mol. The molecule has 1 heterocycles. The molecule has 3 N–H and O–H groups in total. The number of esters is 1. The summed E-state index contributed by atoms with van der Waals surface area (Å²) in [6.45, 7) is 13.6. The molecule has 1 aromatic carbocycles. The molecular weight excluding hydrogens is 578 g/mol. The van der Waals surface area contributed by atoms with Crippen LogP contribution in [-0.4, -0.2) is 66.6 Å². The van der Waals surface area contributed by atoms with Crippen LogP contribution in [0.15, 0.2) is 42.5 Å². The van der Waals surface area contributed by atoms with Crippen molar-refractivity contribution in [3.05, 3.63) is 48.0 Å². The van der Waals surface area contributed by atoms with Crippen LogP contribution in [0.1, 0.15) is 79.7 Å². The molecule has 0 bridgehead atoms. The molecule has 0 radical (unpaired) electrons. The van der Waals surface area contributed by atoms with Crippen LogP contribution in [0, 0.1) is 17.8 Å². The summed E-state index contributed by atoms with van der Waals surface area (Å²) in [5.74, 6) is -2.40. The highest BCUT2D eigenvalue weighted by Crippen LogP contribution is 2.22. The number of hydrogen-bond acceptors (Lipinski definition) is 8. The molecule has 11 heteroatoms. The van der Waals surface area contributed by atoms with E-state index in [1.54, 1.807) is 13.8 Å². The second-order valence-electron chi connectivity index (χ2n) is 12.9. The Balaban J connectivity index is 2.22. The van der Waals surface area contributed by atoms with Gasteiger partial charge in [0.25, 0.3) is 0 Å². The molecule has 3 amide bonds. The number of alkyl carbamates (subject to hydrolysis) is 1. The number of rotatable bonds is 17. The van der Waals surface area contributed by atoms with Gasteiger partial charge in [0, 0.05) is 36.9 Å². The molecule has 2 rings (SSSR count). The van der Waals surface area contributed by atoms with Crippen LogP contribution in [0.4, 0.5) is 4.79 Å². The van der Waals surface area contributed by atoms with Crippen molar-refractivity contribution in [3.8, 4) is 0 Å². The first-order valence-corrected chi connectivity index (χ1v) is 15.8. The molecule has 0 saturated carbocycles. The van der Waals surface area contributed by atoms with Crippen molar-refractivity contribution in [2.24, 2.45) is 17.8 Å². The zero-order valence-corrected chi connectivity index (χ0v) is 27.7.